The van der Waals surface area contributed by atoms with Gasteiger partial charge < -0.3 is 15.3 Å². The minimum atomic E-state index is -0.832. The first-order chi connectivity index (χ1) is 12.5. The van der Waals surface area contributed by atoms with Crippen molar-refractivity contribution in [3.05, 3.63) is 54.1 Å². The fraction of sp³-hybridized carbons (Fsp3) is 0.300. The third kappa shape index (κ3) is 4.58. The Kier molecular flexibility index (Phi) is 5.83. The molecule has 1 unspecified atom stereocenters. The van der Waals surface area contributed by atoms with Crippen LogP contribution in [0, 0.1) is 12.8 Å². The number of aliphatic carboxylic acids is 1. The van der Waals surface area contributed by atoms with Crippen LogP contribution >= 0.6 is 11.8 Å². The van der Waals surface area contributed by atoms with Gasteiger partial charge in [-0.3, -0.25) is 4.79 Å². The van der Waals surface area contributed by atoms with E-state index >= 15 is 0 Å². The number of anilines is 1. The lowest BCUT2D eigenvalue weighted by atomic mass is 9.99. The zero-order valence-electron chi connectivity index (χ0n) is 14.6. The van der Waals surface area contributed by atoms with E-state index in [1.165, 1.54) is 0 Å². The third-order valence-corrected chi connectivity index (χ3v) is 5.47. The molecule has 3 rings (SSSR count). The second-order valence-corrected chi connectivity index (χ2v) is 7.59. The second-order valence-electron chi connectivity index (χ2n) is 6.45. The number of piperidine rings is 1. The maximum atomic E-state index is 12.5. The Labute approximate surface area is 157 Å². The van der Waals surface area contributed by atoms with E-state index in [2.05, 4.69) is 17.4 Å². The summed E-state index contributed by atoms with van der Waals surface area (Å²) in [7, 11) is 0. The van der Waals surface area contributed by atoms with Gasteiger partial charge in [-0.05, 0) is 55.7 Å². The number of hydrogen-bond donors (Lipinski definition) is 2. The van der Waals surface area contributed by atoms with Crippen LogP contribution < -0.4 is 5.32 Å². The lowest BCUT2D eigenvalue weighted by Gasteiger charge is -2.30. The first-order valence-corrected chi connectivity index (χ1v) is 9.47. The molecule has 0 spiro atoms. The number of carboxylic acids is 1. The highest BCUT2D eigenvalue weighted by atomic mass is 32.2. The number of nitrogens with zero attached hydrogens (tertiary/aromatic N) is 1. The molecule has 1 fully saturated rings. The summed E-state index contributed by atoms with van der Waals surface area (Å²) in [6.45, 7) is 2.82. The summed E-state index contributed by atoms with van der Waals surface area (Å²) in [6.07, 6.45) is 1.35. The van der Waals surface area contributed by atoms with Gasteiger partial charge in [0.15, 0.2) is 0 Å². The van der Waals surface area contributed by atoms with Crippen LogP contribution in [0.4, 0.5) is 10.5 Å². The molecular formula is C20H22N2O3S. The van der Waals surface area contributed by atoms with Crippen molar-refractivity contribution in [1.29, 1.82) is 0 Å². The number of benzene rings is 2. The van der Waals surface area contributed by atoms with Crippen molar-refractivity contribution < 1.29 is 14.7 Å². The zero-order valence-corrected chi connectivity index (χ0v) is 15.5. The molecule has 5 nitrogen and oxygen atoms in total. The third-order valence-electron chi connectivity index (χ3n) is 4.48. The average Bonchev–Trinajstić information content (AvgIpc) is 2.65. The normalized spacial score (nSPS) is 17.0. The molecule has 0 bridgehead atoms. The Morgan fingerprint density at radius 2 is 1.92 bits per heavy atom. The van der Waals surface area contributed by atoms with Gasteiger partial charge in [-0.25, -0.2) is 4.79 Å². The number of likely N-dealkylation sites (tertiary alicyclic amines) is 1. The quantitative estimate of drug-likeness (QED) is 0.833. The van der Waals surface area contributed by atoms with Gasteiger partial charge in [0.05, 0.1) is 5.92 Å². The van der Waals surface area contributed by atoms with Crippen LogP contribution in [-0.2, 0) is 4.79 Å². The molecule has 1 heterocycles. The zero-order chi connectivity index (χ0) is 18.5. The number of aryl methyl sites for hydroxylation is 1. The predicted molar refractivity (Wildman–Crippen MR) is 103 cm³/mol. The van der Waals surface area contributed by atoms with E-state index in [9.17, 15) is 9.59 Å². The number of nitrogens with one attached hydrogen (secondary N) is 1. The van der Waals surface area contributed by atoms with Gasteiger partial charge in [0.25, 0.3) is 0 Å². The van der Waals surface area contributed by atoms with E-state index < -0.39 is 11.9 Å². The van der Waals surface area contributed by atoms with Gasteiger partial charge in [0.2, 0.25) is 0 Å². The van der Waals surface area contributed by atoms with Gasteiger partial charge >= 0.3 is 12.0 Å². The van der Waals surface area contributed by atoms with Crippen molar-refractivity contribution in [2.24, 2.45) is 5.92 Å². The Morgan fingerprint density at radius 3 is 2.62 bits per heavy atom. The number of amides is 2. The van der Waals surface area contributed by atoms with Gasteiger partial charge in [-0.1, -0.05) is 30.0 Å². The fourth-order valence-corrected chi connectivity index (χ4v) is 3.96. The first-order valence-electron chi connectivity index (χ1n) is 8.65. The SMILES string of the molecule is Cc1cc(Sc2ccccc2)ccc1NC(=O)N1CCCC(C(=O)O)C1. The number of carboxylic acid groups (broad SMARTS) is 1. The predicted octanol–water partition coefficient (Wildman–Crippen LogP) is 4.47. The highest BCUT2D eigenvalue weighted by Gasteiger charge is 2.28. The first kappa shape index (κ1) is 18.3. The van der Waals surface area contributed by atoms with Crippen LogP contribution in [0.2, 0.25) is 0 Å². The molecule has 136 valence electrons. The van der Waals surface area contributed by atoms with Crippen LogP contribution in [0.3, 0.4) is 0 Å². The minimum absolute atomic E-state index is 0.234. The number of carbonyl (C=O) groups excluding carboxylic acids is 1. The fourth-order valence-electron chi connectivity index (χ4n) is 3.02. The Balaban J connectivity index is 1.64. The minimum Gasteiger partial charge on any atom is -0.481 e. The highest BCUT2D eigenvalue weighted by Crippen LogP contribution is 2.30. The van der Waals surface area contributed by atoms with Crippen molar-refractivity contribution >= 4 is 29.4 Å². The summed E-state index contributed by atoms with van der Waals surface area (Å²) in [4.78, 5) is 27.5. The van der Waals surface area contributed by atoms with Crippen molar-refractivity contribution in [3.8, 4) is 0 Å². The summed E-state index contributed by atoms with van der Waals surface area (Å²) in [6, 6.07) is 15.8. The molecule has 1 aliphatic heterocycles. The van der Waals surface area contributed by atoms with Gasteiger partial charge in [0, 0.05) is 28.6 Å². The van der Waals surface area contributed by atoms with E-state index in [1.54, 1.807) is 16.7 Å². The smallest absolute Gasteiger partial charge is 0.321 e. The largest absolute Gasteiger partial charge is 0.481 e. The summed E-state index contributed by atoms with van der Waals surface area (Å²) in [5, 5.41) is 12.1. The maximum Gasteiger partial charge on any atom is 0.321 e. The van der Waals surface area contributed by atoms with Crippen LogP contribution in [-0.4, -0.2) is 35.1 Å². The van der Waals surface area contributed by atoms with Crippen LogP contribution in [0.5, 0.6) is 0 Å². The summed E-state index contributed by atoms with van der Waals surface area (Å²) in [5.41, 5.74) is 1.73. The van der Waals surface area contributed by atoms with Crippen molar-refractivity contribution in [2.45, 2.75) is 29.6 Å². The second kappa shape index (κ2) is 8.27. The molecule has 2 N–H and O–H groups in total. The molecule has 0 saturated carbocycles. The molecule has 0 aliphatic carbocycles. The Hall–Kier alpha value is -2.47. The number of urea groups is 1. The molecule has 1 atom stereocenters. The van der Waals surface area contributed by atoms with Crippen molar-refractivity contribution in [3.63, 3.8) is 0 Å². The van der Waals surface area contributed by atoms with E-state index in [0.29, 0.717) is 13.0 Å². The van der Waals surface area contributed by atoms with Gasteiger partial charge in [-0.2, -0.15) is 0 Å². The average molecular weight is 370 g/mol. The van der Waals surface area contributed by atoms with E-state index in [4.69, 9.17) is 5.11 Å². The van der Waals surface area contributed by atoms with Crippen LogP contribution in [0.25, 0.3) is 0 Å². The monoisotopic (exact) mass is 370 g/mol. The molecule has 2 aromatic carbocycles. The molecular weight excluding hydrogens is 348 g/mol. The van der Waals surface area contributed by atoms with E-state index in [1.807, 2.05) is 43.3 Å². The van der Waals surface area contributed by atoms with Crippen molar-refractivity contribution in [2.75, 3.05) is 18.4 Å². The lowest BCUT2D eigenvalue weighted by molar-refractivity contribution is -0.143. The molecule has 1 aliphatic rings. The van der Waals surface area contributed by atoms with Crippen LogP contribution in [0.1, 0.15) is 18.4 Å². The Bertz CT molecular complexity index is 795. The van der Waals surface area contributed by atoms with Crippen LogP contribution in [0.15, 0.2) is 58.3 Å². The topological polar surface area (TPSA) is 69.6 Å². The molecule has 2 amide bonds. The molecule has 6 heteroatoms. The number of carbonyl (C=O) groups is 2. The summed E-state index contributed by atoms with van der Waals surface area (Å²) < 4.78 is 0. The van der Waals surface area contributed by atoms with E-state index in [0.717, 1.165) is 27.5 Å². The van der Waals surface area contributed by atoms with Gasteiger partial charge in [0.1, 0.15) is 0 Å². The summed E-state index contributed by atoms with van der Waals surface area (Å²) in [5.74, 6) is -1.30. The molecule has 0 radical (unpaired) electrons. The van der Waals surface area contributed by atoms with E-state index in [-0.39, 0.29) is 12.6 Å². The Morgan fingerprint density at radius 1 is 1.15 bits per heavy atom. The summed E-state index contributed by atoms with van der Waals surface area (Å²) >= 11 is 1.67. The standard InChI is InChI=1S/C20H22N2O3S/c1-14-12-17(26-16-7-3-2-4-8-16)9-10-18(14)21-20(25)22-11-5-6-15(13-22)19(23)24/h2-4,7-10,12,15H,5-6,11,13H2,1H3,(H,21,25)(H,23,24). The number of hydrogen-bond acceptors (Lipinski definition) is 3. The molecule has 0 aromatic heterocycles. The highest BCUT2D eigenvalue weighted by molar-refractivity contribution is 7.99. The number of rotatable bonds is 4. The molecule has 1 saturated heterocycles. The van der Waals surface area contributed by atoms with Gasteiger partial charge in [-0.15, -0.1) is 0 Å². The molecule has 2 aromatic rings. The van der Waals surface area contributed by atoms with Crippen molar-refractivity contribution in [1.82, 2.24) is 4.90 Å². The molecule has 26 heavy (non-hydrogen) atoms. The lowest BCUT2D eigenvalue weighted by Crippen LogP contribution is -2.44. The maximum absolute atomic E-state index is 12.5.